The number of rotatable bonds is 2. The zero-order valence-corrected chi connectivity index (χ0v) is 10.6. The first-order chi connectivity index (χ1) is 8.86. The van der Waals surface area contributed by atoms with Crippen molar-refractivity contribution in [3.05, 3.63) is 53.6 Å². The smallest absolute Gasteiger partial charge is 0.135 e. The number of ether oxygens (including phenoxy) is 1. The lowest BCUT2D eigenvalue weighted by atomic mass is 9.96. The number of hydrogen-bond acceptors (Lipinski definition) is 3. The normalized spacial score (nSPS) is 17.9. The Hall–Kier alpha value is -1.61. The van der Waals surface area contributed by atoms with E-state index in [2.05, 4.69) is 16.0 Å². The minimum atomic E-state index is 0.226. The van der Waals surface area contributed by atoms with Crippen molar-refractivity contribution in [3.8, 4) is 5.75 Å². The van der Waals surface area contributed by atoms with Crippen LogP contribution in [0.3, 0.4) is 0 Å². The van der Waals surface area contributed by atoms with Crippen molar-refractivity contribution in [1.82, 2.24) is 9.97 Å². The minimum absolute atomic E-state index is 0.226. The molecule has 3 rings (SSSR count). The number of para-hydroxylation sites is 1. The second-order valence-electron chi connectivity index (χ2n) is 4.40. The first kappa shape index (κ1) is 11.5. The molecule has 18 heavy (non-hydrogen) atoms. The zero-order valence-electron chi connectivity index (χ0n) is 9.84. The molecular weight excluding hydrogens is 248 g/mol. The number of aromatic nitrogens is 2. The summed E-state index contributed by atoms with van der Waals surface area (Å²) >= 11 is 5.73. The second-order valence-corrected chi connectivity index (χ2v) is 4.67. The van der Waals surface area contributed by atoms with Gasteiger partial charge in [0.15, 0.2) is 0 Å². The van der Waals surface area contributed by atoms with Gasteiger partial charge in [0.05, 0.1) is 18.4 Å². The molecule has 92 valence electrons. The Morgan fingerprint density at radius 1 is 1.22 bits per heavy atom. The van der Waals surface area contributed by atoms with E-state index in [0.717, 1.165) is 23.6 Å². The van der Waals surface area contributed by atoms with Gasteiger partial charge in [-0.2, -0.15) is 0 Å². The number of fused-ring (bicyclic) bond motifs is 1. The molecule has 1 aliphatic heterocycles. The molecule has 0 fully saturated rings. The monoisotopic (exact) mass is 260 g/mol. The van der Waals surface area contributed by atoms with Gasteiger partial charge in [0, 0.05) is 18.0 Å². The van der Waals surface area contributed by atoms with Crippen LogP contribution in [0.5, 0.6) is 5.75 Å². The molecule has 2 heterocycles. The van der Waals surface area contributed by atoms with E-state index in [4.69, 9.17) is 16.3 Å². The van der Waals surface area contributed by atoms with E-state index >= 15 is 0 Å². The maximum absolute atomic E-state index is 5.74. The average molecular weight is 261 g/mol. The van der Waals surface area contributed by atoms with Crippen LogP contribution in [0, 0.1) is 0 Å². The predicted octanol–water partition coefficient (Wildman–Crippen LogP) is 2.93. The van der Waals surface area contributed by atoms with E-state index in [1.54, 1.807) is 12.4 Å². The van der Waals surface area contributed by atoms with Crippen LogP contribution in [0.4, 0.5) is 0 Å². The van der Waals surface area contributed by atoms with Gasteiger partial charge in [-0.05, 0) is 18.1 Å². The molecule has 3 nitrogen and oxygen atoms in total. The lowest BCUT2D eigenvalue weighted by Gasteiger charge is -2.24. The van der Waals surface area contributed by atoms with E-state index in [1.807, 2.05) is 18.2 Å². The summed E-state index contributed by atoms with van der Waals surface area (Å²) in [5, 5.41) is 0. The summed E-state index contributed by atoms with van der Waals surface area (Å²) in [6.45, 7) is 0.636. The molecule has 0 saturated carbocycles. The van der Waals surface area contributed by atoms with Gasteiger partial charge in [-0.1, -0.05) is 18.2 Å². The van der Waals surface area contributed by atoms with Crippen LogP contribution in [-0.4, -0.2) is 16.6 Å². The van der Waals surface area contributed by atoms with Crippen molar-refractivity contribution in [2.24, 2.45) is 0 Å². The van der Waals surface area contributed by atoms with Crippen molar-refractivity contribution in [3.63, 3.8) is 0 Å². The van der Waals surface area contributed by atoms with Crippen LogP contribution in [0.15, 0.2) is 36.7 Å². The molecular formula is C14H13ClN2O. The molecule has 0 radical (unpaired) electrons. The molecule has 1 aromatic carbocycles. The van der Waals surface area contributed by atoms with Crippen LogP contribution in [-0.2, 0) is 12.3 Å². The standard InChI is InChI=1S/C14H13ClN2O/c15-6-10-7-16-14(17-8-10)12-5-11-3-1-2-4-13(11)18-9-12/h1-4,7-8,12H,5-6,9H2. The SMILES string of the molecule is ClCc1cnc(C2COc3ccccc3C2)nc1. The molecule has 4 heteroatoms. The first-order valence-electron chi connectivity index (χ1n) is 5.94. The second kappa shape index (κ2) is 4.94. The molecule has 1 aliphatic rings. The maximum Gasteiger partial charge on any atom is 0.135 e. The Balaban J connectivity index is 1.82. The fraction of sp³-hybridized carbons (Fsp3) is 0.286. The Kier molecular flexibility index (Phi) is 3.15. The molecule has 1 aromatic heterocycles. The van der Waals surface area contributed by atoms with E-state index in [0.29, 0.717) is 12.5 Å². The van der Waals surface area contributed by atoms with Crippen molar-refractivity contribution in [1.29, 1.82) is 0 Å². The lowest BCUT2D eigenvalue weighted by Crippen LogP contribution is -2.21. The minimum Gasteiger partial charge on any atom is -0.493 e. The summed E-state index contributed by atoms with van der Waals surface area (Å²) in [6, 6.07) is 8.12. The summed E-state index contributed by atoms with van der Waals surface area (Å²) in [5.74, 6) is 2.48. The van der Waals surface area contributed by atoms with Crippen LogP contribution in [0.1, 0.15) is 22.9 Å². The third kappa shape index (κ3) is 2.18. The van der Waals surface area contributed by atoms with Crippen molar-refractivity contribution in [2.45, 2.75) is 18.2 Å². The van der Waals surface area contributed by atoms with Gasteiger partial charge in [0.1, 0.15) is 11.6 Å². The number of nitrogens with zero attached hydrogens (tertiary/aromatic N) is 2. The van der Waals surface area contributed by atoms with Crippen molar-refractivity contribution >= 4 is 11.6 Å². The highest BCUT2D eigenvalue weighted by Gasteiger charge is 2.22. The van der Waals surface area contributed by atoms with Gasteiger partial charge in [-0.25, -0.2) is 9.97 Å². The summed E-state index contributed by atoms with van der Waals surface area (Å²) < 4.78 is 5.74. The van der Waals surface area contributed by atoms with Gasteiger partial charge < -0.3 is 4.74 Å². The first-order valence-corrected chi connectivity index (χ1v) is 6.48. The molecule has 0 N–H and O–H groups in total. The van der Waals surface area contributed by atoms with Gasteiger partial charge in [0.25, 0.3) is 0 Å². The summed E-state index contributed by atoms with van der Waals surface area (Å²) in [6.07, 6.45) is 4.50. The number of benzene rings is 1. The van der Waals surface area contributed by atoms with E-state index < -0.39 is 0 Å². The highest BCUT2D eigenvalue weighted by atomic mass is 35.5. The van der Waals surface area contributed by atoms with Crippen molar-refractivity contribution < 1.29 is 4.74 Å². The van der Waals surface area contributed by atoms with Gasteiger partial charge in [0.2, 0.25) is 0 Å². The average Bonchev–Trinajstić information content (AvgIpc) is 2.47. The highest BCUT2D eigenvalue weighted by Crippen LogP contribution is 2.30. The quantitative estimate of drug-likeness (QED) is 0.779. The maximum atomic E-state index is 5.74. The van der Waals surface area contributed by atoms with Gasteiger partial charge in [-0.3, -0.25) is 0 Å². The van der Waals surface area contributed by atoms with Crippen molar-refractivity contribution in [2.75, 3.05) is 6.61 Å². The summed E-state index contributed by atoms with van der Waals surface area (Å²) in [4.78, 5) is 8.74. The summed E-state index contributed by atoms with van der Waals surface area (Å²) in [5.41, 5.74) is 2.16. The molecule has 0 amide bonds. The predicted molar refractivity (Wildman–Crippen MR) is 70.0 cm³/mol. The molecule has 1 unspecified atom stereocenters. The van der Waals surface area contributed by atoms with E-state index in [-0.39, 0.29) is 5.92 Å². The third-order valence-electron chi connectivity index (χ3n) is 3.12. The zero-order chi connectivity index (χ0) is 12.4. The van der Waals surface area contributed by atoms with Gasteiger partial charge >= 0.3 is 0 Å². The number of alkyl halides is 1. The molecule has 1 atom stereocenters. The Bertz CT molecular complexity index is 542. The summed E-state index contributed by atoms with van der Waals surface area (Å²) in [7, 11) is 0. The highest BCUT2D eigenvalue weighted by molar-refractivity contribution is 6.17. The number of halogens is 1. The van der Waals surface area contributed by atoms with Gasteiger partial charge in [-0.15, -0.1) is 11.6 Å². The Labute approximate surface area is 111 Å². The molecule has 2 aromatic rings. The lowest BCUT2D eigenvalue weighted by molar-refractivity contribution is 0.257. The van der Waals surface area contributed by atoms with E-state index in [1.165, 1.54) is 5.56 Å². The fourth-order valence-electron chi connectivity index (χ4n) is 2.14. The van der Waals surface area contributed by atoms with Crippen LogP contribution in [0.25, 0.3) is 0 Å². The topological polar surface area (TPSA) is 35.0 Å². The largest absolute Gasteiger partial charge is 0.493 e. The molecule has 0 saturated heterocycles. The molecule has 0 bridgehead atoms. The Morgan fingerprint density at radius 3 is 2.78 bits per heavy atom. The molecule has 0 spiro atoms. The fourth-order valence-corrected chi connectivity index (χ4v) is 2.28. The van der Waals surface area contributed by atoms with Crippen LogP contribution in [0.2, 0.25) is 0 Å². The van der Waals surface area contributed by atoms with Crippen LogP contribution >= 0.6 is 11.6 Å². The van der Waals surface area contributed by atoms with Crippen LogP contribution < -0.4 is 4.74 Å². The molecule has 0 aliphatic carbocycles. The Morgan fingerprint density at radius 2 is 2.00 bits per heavy atom. The van der Waals surface area contributed by atoms with E-state index in [9.17, 15) is 0 Å². The third-order valence-corrected chi connectivity index (χ3v) is 3.43. The number of hydrogen-bond donors (Lipinski definition) is 0.